The molecule has 5 aromatic carbocycles. The number of primary amides is 1. The largest absolute Gasteiger partial charge is 0.477 e. The maximum atomic E-state index is 12.2. The van der Waals surface area contributed by atoms with Gasteiger partial charge in [0.2, 0.25) is 0 Å². The SMILES string of the molecule is CCc1cc(C(=O)O)c(=O)[nH]c1-c1ccc2c(c1)c(C#N)cn2C.CCc1cc(C(=O)O)c(=O)[nH]c1-c1ccc2c(c1)c(C(N)=O)cn2C.CCc1cc(C(=O)O)c(=O)[nH]c1-c1ccc2c(c1)c(CN(C)C)cn2C.CCc1cc(C(=O)O)c(=O)[nH]c1-c1ccc2c(c1)c(CN)cn2C.CCc1cc(C(=O)O)c(=O)[nH]c1-c1ccc2c(c1)cc(C1CNCCN1C)n2C. The Labute approximate surface area is 732 Å². The van der Waals surface area contributed by atoms with Crippen molar-refractivity contribution in [1.29, 1.82) is 5.26 Å². The standard InChI is InChI=1S/C22H26N4O3.C20H23N3O3.C18H17N3O4.C18H19N3O3.C18H15N3O3/c1-4-13-10-16(22(28)29)21(27)24-20(13)14-5-6-17-15(9-14)11-18(26(17)3)19-12-23-7-8-25(19)2;1-5-12-8-16(20(25)26)19(24)21-18(12)13-6-7-17-15(9-13)14(10-22(2)3)11-23(17)4;1-3-9-6-12(18(24)25)17(23)20-15(9)10-4-5-14-11(7-10)13(16(19)22)8-21(14)2;2*1-3-10-6-14(18(23)24)17(22)20-16(10)11-4-5-15-13(7-11)12(8-19)9-21(15)2/h5-6,9-11,19,23H,4,7-8,12H2,1-3H3,(H,24,27)(H,28,29);6-9,11H,5,10H2,1-4H3,(H,21,24)(H,25,26);4-8H,3H2,1-2H3,(H2,19,22)(H,20,23)(H,24,25);4-7,9H,3,8,19H2,1-2H3,(H,20,22)(H,23,24);4-7,9H,3H2,1-2H3,(H,20,22)(H,23,24). The van der Waals surface area contributed by atoms with Crippen molar-refractivity contribution in [2.45, 2.75) is 85.9 Å². The Morgan fingerprint density at radius 3 is 1.08 bits per heavy atom. The van der Waals surface area contributed by atoms with Crippen molar-refractivity contribution in [3.63, 3.8) is 0 Å². The van der Waals surface area contributed by atoms with E-state index in [1.807, 2.05) is 159 Å². The van der Waals surface area contributed by atoms with Crippen LogP contribution in [0.1, 0.15) is 153 Å². The second-order valence-electron chi connectivity index (χ2n) is 31.6. The molecule has 15 N–H and O–H groups in total. The number of rotatable bonds is 20. The minimum absolute atomic E-state index is 0.221. The van der Waals surface area contributed by atoms with Gasteiger partial charge < -0.3 is 95.0 Å². The third-order valence-electron chi connectivity index (χ3n) is 23.3. The summed E-state index contributed by atoms with van der Waals surface area (Å²) >= 11 is 0. The van der Waals surface area contributed by atoms with Gasteiger partial charge in [0.1, 0.15) is 33.9 Å². The summed E-state index contributed by atoms with van der Waals surface area (Å²) in [4.78, 5) is 146. The van der Waals surface area contributed by atoms with Gasteiger partial charge in [-0.2, -0.15) is 5.26 Å². The highest BCUT2D eigenvalue weighted by atomic mass is 16.4. The molecule has 1 fully saturated rings. The molecular formula is C96H100N16O16. The van der Waals surface area contributed by atoms with Crippen molar-refractivity contribution in [2.24, 2.45) is 46.7 Å². The smallest absolute Gasteiger partial charge is 0.341 e. The topological polar surface area (TPSA) is 487 Å². The molecule has 1 aliphatic rings. The van der Waals surface area contributed by atoms with E-state index in [1.54, 1.807) is 23.0 Å². The van der Waals surface area contributed by atoms with Crippen LogP contribution in [-0.2, 0) is 80.4 Å². The number of hydrogen-bond donors (Lipinski definition) is 13. The zero-order valence-electron chi connectivity index (χ0n) is 73.0. The quantitative estimate of drug-likeness (QED) is 0.0337. The highest BCUT2D eigenvalue weighted by Gasteiger charge is 2.27. The van der Waals surface area contributed by atoms with E-state index >= 15 is 0 Å². The van der Waals surface area contributed by atoms with Crippen molar-refractivity contribution in [3.8, 4) is 62.4 Å². The molecule has 0 radical (unpaired) electrons. The predicted octanol–water partition coefficient (Wildman–Crippen LogP) is 12.0. The van der Waals surface area contributed by atoms with E-state index in [1.165, 1.54) is 41.6 Å². The van der Waals surface area contributed by atoms with Crippen LogP contribution >= 0.6 is 0 Å². The molecule has 32 nitrogen and oxygen atoms in total. The van der Waals surface area contributed by atoms with Gasteiger partial charge in [-0.05, 0) is 217 Å². The summed E-state index contributed by atoms with van der Waals surface area (Å²) < 4.78 is 10.0. The van der Waals surface area contributed by atoms with Crippen LogP contribution in [0.3, 0.4) is 0 Å². The van der Waals surface area contributed by atoms with Crippen LogP contribution in [0.2, 0.25) is 0 Å². The summed E-state index contributed by atoms with van der Waals surface area (Å²) in [6, 6.07) is 41.0. The average Bonchev–Trinajstić information content (AvgIpc) is 1.61. The van der Waals surface area contributed by atoms with E-state index in [4.69, 9.17) is 26.8 Å². The number of hydrogen-bond acceptors (Lipinski definition) is 16. The molecule has 1 saturated heterocycles. The second-order valence-corrected chi connectivity index (χ2v) is 31.6. The highest BCUT2D eigenvalue weighted by Crippen LogP contribution is 2.36. The Kier molecular flexibility index (Phi) is 27.6. The van der Waals surface area contributed by atoms with Crippen LogP contribution in [-0.4, -0.2) is 160 Å². The fourth-order valence-corrected chi connectivity index (χ4v) is 16.6. The number of carbonyl (C=O) groups is 6. The van der Waals surface area contributed by atoms with Crippen LogP contribution in [0.25, 0.3) is 111 Å². The number of aromatic nitrogens is 10. The lowest BCUT2D eigenvalue weighted by Crippen LogP contribution is -2.44. The number of nitrogens with two attached hydrogens (primary N) is 2. The highest BCUT2D eigenvalue weighted by molar-refractivity contribution is 6.07. The van der Waals surface area contributed by atoms with Gasteiger partial charge in [0.05, 0.1) is 45.6 Å². The van der Waals surface area contributed by atoms with E-state index in [0.29, 0.717) is 101 Å². The average molecular weight is 1730 g/mol. The molecule has 0 spiro atoms. The molecule has 128 heavy (non-hydrogen) atoms. The molecule has 1 aliphatic heterocycles. The van der Waals surface area contributed by atoms with Gasteiger partial charge in [0.25, 0.3) is 33.7 Å². The number of likely N-dealkylation sites (N-methyl/N-ethyl adjacent to an activating group) is 1. The van der Waals surface area contributed by atoms with Gasteiger partial charge >= 0.3 is 29.8 Å². The van der Waals surface area contributed by atoms with Crippen molar-refractivity contribution in [1.82, 2.24) is 62.9 Å². The molecular weight excluding hydrogens is 1630 g/mol. The van der Waals surface area contributed by atoms with E-state index in [0.717, 1.165) is 125 Å². The maximum Gasteiger partial charge on any atom is 0.341 e. The second kappa shape index (κ2) is 38.4. The first-order valence-electron chi connectivity index (χ1n) is 41.4. The Morgan fingerprint density at radius 2 is 0.734 bits per heavy atom. The van der Waals surface area contributed by atoms with Crippen molar-refractivity contribution < 1.29 is 54.3 Å². The number of benzene rings is 5. The van der Waals surface area contributed by atoms with Gasteiger partial charge in [-0.1, -0.05) is 65.0 Å². The Morgan fingerprint density at radius 1 is 0.414 bits per heavy atom. The molecule has 15 aromatic rings. The number of carboxylic acids is 5. The maximum absolute atomic E-state index is 12.2. The molecule has 32 heteroatoms. The summed E-state index contributed by atoms with van der Waals surface area (Å²) in [6.07, 6.45) is 10.5. The van der Waals surface area contributed by atoms with Gasteiger partial charge in [-0.25, -0.2) is 24.0 Å². The molecule has 16 rings (SSSR count). The number of carboxylic acid groups (broad SMARTS) is 5. The van der Waals surface area contributed by atoms with Crippen molar-refractivity contribution >= 4 is 90.3 Å². The normalized spacial score (nSPS) is 12.6. The number of fused-ring (bicyclic) bond motifs is 5. The Balaban J connectivity index is 0.000000145. The molecule has 10 aromatic heterocycles. The first-order chi connectivity index (χ1) is 61.0. The minimum atomic E-state index is -1.27. The first kappa shape index (κ1) is 91.9. The van der Waals surface area contributed by atoms with E-state index in [9.17, 15) is 68.2 Å². The lowest BCUT2D eigenvalue weighted by Gasteiger charge is -2.33. The molecule has 0 bridgehead atoms. The molecule has 1 unspecified atom stereocenters. The fourth-order valence-electron chi connectivity index (χ4n) is 16.6. The Bertz CT molecular complexity index is 7330. The number of aryl methyl sites for hydroxylation is 10. The number of carbonyl (C=O) groups excluding carboxylic acids is 1. The number of aromatic carboxylic acids is 5. The summed E-state index contributed by atoms with van der Waals surface area (Å²) in [5, 5.41) is 63.2. The number of nitriles is 1. The number of H-pyrrole nitrogens is 5. The summed E-state index contributed by atoms with van der Waals surface area (Å²) in [5.74, 6) is -6.69. The van der Waals surface area contributed by atoms with Crippen molar-refractivity contribution in [2.75, 3.05) is 40.8 Å². The molecule has 1 atom stereocenters. The van der Waals surface area contributed by atoms with Crippen LogP contribution in [0, 0.1) is 11.3 Å². The summed E-state index contributed by atoms with van der Waals surface area (Å²) in [5.41, 5.74) is 27.5. The number of amides is 1. The van der Waals surface area contributed by atoms with Gasteiger partial charge in [0.15, 0.2) is 0 Å². The van der Waals surface area contributed by atoms with Gasteiger partial charge in [-0.15, -0.1) is 0 Å². The van der Waals surface area contributed by atoms with E-state index in [-0.39, 0.29) is 27.8 Å². The molecule has 0 aliphatic carbocycles. The monoisotopic (exact) mass is 1730 g/mol. The molecule has 0 saturated carbocycles. The zero-order valence-corrected chi connectivity index (χ0v) is 73.0. The first-order valence-corrected chi connectivity index (χ1v) is 41.4. The third-order valence-corrected chi connectivity index (χ3v) is 23.3. The fraction of sp³-hybridized carbons (Fsp3) is 0.250. The lowest BCUT2D eigenvalue weighted by atomic mass is 10.00. The van der Waals surface area contributed by atoms with Crippen LogP contribution in [0.5, 0.6) is 0 Å². The number of piperazine rings is 1. The van der Waals surface area contributed by atoms with Crippen molar-refractivity contribution in [3.05, 3.63) is 288 Å². The lowest BCUT2D eigenvalue weighted by molar-refractivity contribution is 0.0684. The summed E-state index contributed by atoms with van der Waals surface area (Å²) in [7, 11) is 15.9. The minimum Gasteiger partial charge on any atom is -0.477 e. The number of aromatic amines is 5. The zero-order chi connectivity index (χ0) is 92.9. The third kappa shape index (κ3) is 18.7. The molecule has 660 valence electrons. The predicted molar refractivity (Wildman–Crippen MR) is 493 cm³/mol. The molecule has 1 amide bonds. The van der Waals surface area contributed by atoms with Crippen LogP contribution < -0.4 is 44.6 Å². The van der Waals surface area contributed by atoms with Crippen LogP contribution in [0.15, 0.2) is 176 Å². The van der Waals surface area contributed by atoms with E-state index < -0.39 is 63.6 Å². The molecule has 11 heterocycles. The van der Waals surface area contributed by atoms with Crippen LogP contribution in [0.4, 0.5) is 0 Å². The number of nitrogens with zero attached hydrogens (tertiary/aromatic N) is 8. The van der Waals surface area contributed by atoms with E-state index in [2.05, 4.69) is 99.8 Å². The Hall–Kier alpha value is -15.3. The summed E-state index contributed by atoms with van der Waals surface area (Å²) in [6.45, 7) is 13.8. The number of pyridine rings is 5. The number of nitrogens with one attached hydrogen (secondary N) is 6. The van der Waals surface area contributed by atoms with Gasteiger partial charge in [-0.3, -0.25) is 33.7 Å². The van der Waals surface area contributed by atoms with Gasteiger partial charge in [0, 0.05) is 153 Å².